The fraction of sp³-hybridized carbons (Fsp3) is 0.125. The van der Waals surface area contributed by atoms with E-state index in [0.29, 0.717) is 0 Å². The highest BCUT2D eigenvalue weighted by atomic mass is 35.5. The third-order valence-electron chi connectivity index (χ3n) is 1.53. The van der Waals surface area contributed by atoms with Gasteiger partial charge in [-0.1, -0.05) is 0 Å². The molecule has 0 fully saturated rings. The summed E-state index contributed by atoms with van der Waals surface area (Å²) in [6.07, 6.45) is -1.36. The van der Waals surface area contributed by atoms with Gasteiger partial charge in [-0.3, -0.25) is 5.32 Å². The first kappa shape index (κ1) is 10.7. The first-order chi connectivity index (χ1) is 6.54. The molecule has 0 unspecified atom stereocenters. The number of anilines is 1. The van der Waals surface area contributed by atoms with E-state index in [0.717, 1.165) is 12.1 Å². The van der Waals surface area contributed by atoms with E-state index in [9.17, 15) is 13.6 Å². The van der Waals surface area contributed by atoms with Gasteiger partial charge < -0.3 is 5.11 Å². The third kappa shape index (κ3) is 2.32. The molecule has 0 radical (unpaired) electrons. The second-order valence-electron chi connectivity index (χ2n) is 2.49. The maximum Gasteiger partial charge on any atom is 0.409 e. The molecule has 0 saturated carbocycles. The van der Waals surface area contributed by atoms with E-state index in [1.807, 2.05) is 5.32 Å². The van der Waals surface area contributed by atoms with Crippen LogP contribution in [0.4, 0.5) is 19.3 Å². The normalized spacial score (nSPS) is 9.93. The number of rotatable bonds is 2. The van der Waals surface area contributed by atoms with Crippen LogP contribution in [0.25, 0.3) is 0 Å². The number of nitrogens with one attached hydrogen (secondary N) is 1. The largest absolute Gasteiger partial charge is 0.465 e. The third-order valence-corrected chi connectivity index (χ3v) is 1.82. The summed E-state index contributed by atoms with van der Waals surface area (Å²) < 4.78 is 25.4. The summed E-state index contributed by atoms with van der Waals surface area (Å²) >= 11 is 5.42. The minimum Gasteiger partial charge on any atom is -0.465 e. The van der Waals surface area contributed by atoms with Crippen molar-refractivity contribution < 1.29 is 18.7 Å². The molecule has 1 rings (SSSR count). The number of alkyl halides is 1. The van der Waals surface area contributed by atoms with Crippen LogP contribution < -0.4 is 5.32 Å². The Bertz CT molecular complexity index is 371. The van der Waals surface area contributed by atoms with Crippen LogP contribution >= 0.6 is 11.6 Å². The SMILES string of the molecule is O=C(O)Nc1cc(F)c(F)cc1CCl. The molecule has 76 valence electrons. The number of carbonyl (C=O) groups is 1. The van der Waals surface area contributed by atoms with Gasteiger partial charge in [-0.25, -0.2) is 13.6 Å². The molecule has 0 bridgehead atoms. The average Bonchev–Trinajstić information content (AvgIpc) is 2.10. The van der Waals surface area contributed by atoms with Crippen LogP contribution in [0, 0.1) is 11.6 Å². The Morgan fingerprint density at radius 2 is 2.00 bits per heavy atom. The molecule has 2 N–H and O–H groups in total. The lowest BCUT2D eigenvalue weighted by atomic mass is 10.2. The molecular weight excluding hydrogens is 216 g/mol. The second kappa shape index (κ2) is 4.23. The van der Waals surface area contributed by atoms with E-state index in [4.69, 9.17) is 16.7 Å². The minimum atomic E-state index is -1.36. The molecule has 0 heterocycles. The molecule has 1 amide bonds. The van der Waals surface area contributed by atoms with Gasteiger partial charge in [-0.15, -0.1) is 11.6 Å². The van der Waals surface area contributed by atoms with E-state index in [2.05, 4.69) is 0 Å². The number of benzene rings is 1. The van der Waals surface area contributed by atoms with Crippen LogP contribution in [0.3, 0.4) is 0 Å². The van der Waals surface area contributed by atoms with Gasteiger partial charge >= 0.3 is 6.09 Å². The van der Waals surface area contributed by atoms with Crippen molar-refractivity contribution in [1.29, 1.82) is 0 Å². The molecule has 0 spiro atoms. The van der Waals surface area contributed by atoms with Crippen molar-refractivity contribution in [2.75, 3.05) is 5.32 Å². The highest BCUT2D eigenvalue weighted by Crippen LogP contribution is 2.21. The van der Waals surface area contributed by atoms with Gasteiger partial charge in [0.1, 0.15) is 0 Å². The van der Waals surface area contributed by atoms with Crippen molar-refractivity contribution in [2.24, 2.45) is 0 Å². The standard InChI is InChI=1S/C8H6ClF2NO2/c9-3-4-1-5(10)6(11)2-7(4)12-8(13)14/h1-2,12H,3H2,(H,13,14). The smallest absolute Gasteiger partial charge is 0.409 e. The predicted molar refractivity (Wildman–Crippen MR) is 47.6 cm³/mol. The Morgan fingerprint density at radius 1 is 1.43 bits per heavy atom. The minimum absolute atomic E-state index is 0.0496. The van der Waals surface area contributed by atoms with Gasteiger partial charge in [-0.05, 0) is 11.6 Å². The van der Waals surface area contributed by atoms with Crippen LogP contribution in [-0.4, -0.2) is 11.2 Å². The Morgan fingerprint density at radius 3 is 2.50 bits per heavy atom. The molecule has 3 nitrogen and oxygen atoms in total. The van der Waals surface area contributed by atoms with Crippen LogP contribution in [0.15, 0.2) is 12.1 Å². The zero-order chi connectivity index (χ0) is 10.7. The fourth-order valence-electron chi connectivity index (χ4n) is 0.930. The Balaban J connectivity index is 3.13. The van der Waals surface area contributed by atoms with E-state index < -0.39 is 17.7 Å². The molecule has 0 aliphatic rings. The monoisotopic (exact) mass is 221 g/mol. The number of hydrogen-bond donors (Lipinski definition) is 2. The lowest BCUT2D eigenvalue weighted by Gasteiger charge is -2.06. The highest BCUT2D eigenvalue weighted by molar-refractivity contribution is 6.17. The first-order valence-electron chi connectivity index (χ1n) is 3.58. The lowest BCUT2D eigenvalue weighted by molar-refractivity contribution is 0.209. The molecule has 6 heteroatoms. The molecular formula is C8H6ClF2NO2. The Labute approximate surface area is 83.3 Å². The summed E-state index contributed by atoms with van der Waals surface area (Å²) in [6.45, 7) is 0. The van der Waals surface area contributed by atoms with Gasteiger partial charge in [0.15, 0.2) is 11.6 Å². The number of hydrogen-bond acceptors (Lipinski definition) is 1. The predicted octanol–water partition coefficient (Wildman–Crippen LogP) is 2.79. The Kier molecular flexibility index (Phi) is 3.24. The summed E-state index contributed by atoms with van der Waals surface area (Å²) in [7, 11) is 0. The molecule has 1 aromatic carbocycles. The molecule has 0 aliphatic carbocycles. The van der Waals surface area contributed by atoms with Crippen LogP contribution in [0.1, 0.15) is 5.56 Å². The molecule has 0 saturated heterocycles. The van der Waals surface area contributed by atoms with Crippen LogP contribution in [0.2, 0.25) is 0 Å². The topological polar surface area (TPSA) is 49.3 Å². The highest BCUT2D eigenvalue weighted by Gasteiger charge is 2.10. The van der Waals surface area contributed by atoms with Crippen molar-refractivity contribution in [3.05, 3.63) is 29.3 Å². The summed E-state index contributed by atoms with van der Waals surface area (Å²) in [5.41, 5.74) is 0.138. The lowest BCUT2D eigenvalue weighted by Crippen LogP contribution is -2.09. The van der Waals surface area contributed by atoms with Gasteiger partial charge in [-0.2, -0.15) is 0 Å². The molecule has 1 aromatic rings. The van der Waals surface area contributed by atoms with E-state index >= 15 is 0 Å². The fourth-order valence-corrected chi connectivity index (χ4v) is 1.15. The van der Waals surface area contributed by atoms with Crippen molar-refractivity contribution in [3.8, 4) is 0 Å². The van der Waals surface area contributed by atoms with Crippen LogP contribution in [0.5, 0.6) is 0 Å². The number of carboxylic acid groups (broad SMARTS) is 1. The quantitative estimate of drug-likeness (QED) is 0.755. The second-order valence-corrected chi connectivity index (χ2v) is 2.75. The van der Waals surface area contributed by atoms with Gasteiger partial charge in [0.05, 0.1) is 5.69 Å². The van der Waals surface area contributed by atoms with Crippen molar-refractivity contribution in [3.63, 3.8) is 0 Å². The average molecular weight is 222 g/mol. The Hall–Kier alpha value is -1.36. The zero-order valence-corrected chi connectivity index (χ0v) is 7.61. The van der Waals surface area contributed by atoms with E-state index in [-0.39, 0.29) is 17.1 Å². The summed E-state index contributed by atoms with van der Waals surface area (Å²) in [5, 5.41) is 10.3. The summed E-state index contributed by atoms with van der Waals surface area (Å²) in [4.78, 5) is 10.3. The molecule has 0 aliphatic heterocycles. The van der Waals surface area contributed by atoms with Crippen molar-refractivity contribution >= 4 is 23.4 Å². The zero-order valence-electron chi connectivity index (χ0n) is 6.85. The number of halogens is 3. The summed E-state index contributed by atoms with van der Waals surface area (Å²) in [6, 6.07) is 1.61. The number of amides is 1. The molecule has 0 aromatic heterocycles. The first-order valence-corrected chi connectivity index (χ1v) is 4.12. The van der Waals surface area contributed by atoms with Gasteiger partial charge in [0.25, 0.3) is 0 Å². The maximum absolute atomic E-state index is 12.7. The van der Waals surface area contributed by atoms with E-state index in [1.165, 1.54) is 0 Å². The van der Waals surface area contributed by atoms with Gasteiger partial charge in [0.2, 0.25) is 0 Å². The summed E-state index contributed by atoms with van der Waals surface area (Å²) in [5.74, 6) is -2.29. The van der Waals surface area contributed by atoms with E-state index in [1.54, 1.807) is 0 Å². The molecule has 0 atom stereocenters. The molecule has 14 heavy (non-hydrogen) atoms. The van der Waals surface area contributed by atoms with Crippen LogP contribution in [-0.2, 0) is 5.88 Å². The van der Waals surface area contributed by atoms with Gasteiger partial charge in [0, 0.05) is 11.9 Å². The maximum atomic E-state index is 12.7. The van der Waals surface area contributed by atoms with Crippen molar-refractivity contribution in [1.82, 2.24) is 0 Å². The van der Waals surface area contributed by atoms with Crippen molar-refractivity contribution in [2.45, 2.75) is 5.88 Å².